The highest BCUT2D eigenvalue weighted by atomic mass is 35.5. The Morgan fingerprint density at radius 3 is 2.71 bits per heavy atom. The monoisotopic (exact) mass is 484 g/mol. The van der Waals surface area contributed by atoms with Gasteiger partial charge in [0.15, 0.2) is 0 Å². The van der Waals surface area contributed by atoms with Crippen LogP contribution in [-0.2, 0) is 24.3 Å². The van der Waals surface area contributed by atoms with E-state index in [2.05, 4.69) is 48.1 Å². The summed E-state index contributed by atoms with van der Waals surface area (Å²) in [5.74, 6) is 2.24. The Morgan fingerprint density at radius 2 is 1.97 bits per heavy atom. The van der Waals surface area contributed by atoms with Crippen LogP contribution in [0.4, 0.5) is 0 Å². The summed E-state index contributed by atoms with van der Waals surface area (Å²) in [5.41, 5.74) is 3.19. The Hall–Kier alpha value is -2.57. The summed E-state index contributed by atoms with van der Waals surface area (Å²) >= 11 is 6.18. The highest BCUT2D eigenvalue weighted by molar-refractivity contribution is 6.31. The summed E-state index contributed by atoms with van der Waals surface area (Å²) < 4.78 is 7.88. The summed E-state index contributed by atoms with van der Waals surface area (Å²) in [6.45, 7) is 10.1. The summed E-state index contributed by atoms with van der Waals surface area (Å²) in [6, 6.07) is 14.0. The van der Waals surface area contributed by atoms with Gasteiger partial charge >= 0.3 is 0 Å². The Morgan fingerprint density at radius 1 is 1.18 bits per heavy atom. The molecular formula is C27H37ClN4O2. The van der Waals surface area contributed by atoms with Crippen molar-refractivity contribution >= 4 is 28.5 Å². The van der Waals surface area contributed by atoms with Crippen LogP contribution in [0.15, 0.2) is 42.5 Å². The van der Waals surface area contributed by atoms with Crippen molar-refractivity contribution in [2.45, 2.75) is 59.5 Å². The maximum Gasteiger partial charge on any atom is 0.220 e. The fourth-order valence-corrected chi connectivity index (χ4v) is 4.21. The molecule has 0 aliphatic rings. The van der Waals surface area contributed by atoms with E-state index >= 15 is 0 Å². The molecule has 34 heavy (non-hydrogen) atoms. The number of likely N-dealkylation sites (N-methyl/N-ethyl adjacent to an activating group) is 1. The smallest absolute Gasteiger partial charge is 0.220 e. The second kappa shape index (κ2) is 13.4. The zero-order chi connectivity index (χ0) is 24.3. The minimum atomic E-state index is 0.0597. The lowest BCUT2D eigenvalue weighted by Gasteiger charge is -2.13. The number of aryl methyl sites for hydroxylation is 1. The normalized spacial score (nSPS) is 12.1. The Labute approximate surface area is 208 Å². The van der Waals surface area contributed by atoms with Crippen LogP contribution in [0.5, 0.6) is 5.75 Å². The van der Waals surface area contributed by atoms with Gasteiger partial charge < -0.3 is 19.9 Å². The molecule has 184 valence electrons. The molecular weight excluding hydrogens is 448 g/mol. The predicted molar refractivity (Wildman–Crippen MR) is 139 cm³/mol. The number of halogens is 1. The third-order valence-corrected chi connectivity index (χ3v) is 6.08. The number of carbonyl (C=O) groups is 1. The standard InChI is InChI=1S/C27H37ClN4O2/c1-4-15-32-25-18-22(28)9-12-24(25)31-26(32)19-30-27(33)13-6-20(3)17-21-7-10-23(11-8-21)34-16-14-29-5-2/h7-12,18,20,29H,4-6,13-17,19H2,1-3H3,(H,30,33). The Bertz CT molecular complexity index is 1050. The lowest BCUT2D eigenvalue weighted by Crippen LogP contribution is -2.25. The number of benzene rings is 2. The van der Waals surface area contributed by atoms with E-state index in [4.69, 9.17) is 21.3 Å². The molecule has 0 aliphatic heterocycles. The molecule has 0 bridgehead atoms. The minimum absolute atomic E-state index is 0.0597. The van der Waals surface area contributed by atoms with Crippen molar-refractivity contribution in [3.8, 4) is 5.75 Å². The van der Waals surface area contributed by atoms with Crippen LogP contribution >= 0.6 is 11.6 Å². The van der Waals surface area contributed by atoms with Gasteiger partial charge in [0.2, 0.25) is 5.91 Å². The van der Waals surface area contributed by atoms with Gasteiger partial charge in [0, 0.05) is 24.5 Å². The van der Waals surface area contributed by atoms with Crippen LogP contribution in [0, 0.1) is 5.92 Å². The van der Waals surface area contributed by atoms with Crippen LogP contribution in [0.25, 0.3) is 11.0 Å². The first-order valence-corrected chi connectivity index (χ1v) is 12.7. The Kier molecular flexibility index (Phi) is 10.2. The molecule has 1 heterocycles. The number of fused-ring (bicyclic) bond motifs is 1. The SMILES string of the molecule is CCCn1c(CNC(=O)CCC(C)Cc2ccc(OCCNCC)cc2)nc2ccc(Cl)cc21. The number of rotatable bonds is 14. The lowest BCUT2D eigenvalue weighted by atomic mass is 9.96. The molecule has 3 aromatic rings. The molecule has 6 nitrogen and oxygen atoms in total. The molecule has 1 amide bonds. The van der Waals surface area contributed by atoms with Crippen molar-refractivity contribution in [2.75, 3.05) is 19.7 Å². The molecule has 7 heteroatoms. The van der Waals surface area contributed by atoms with E-state index in [9.17, 15) is 4.79 Å². The fraction of sp³-hybridized carbons (Fsp3) is 0.481. The van der Waals surface area contributed by atoms with Gasteiger partial charge in [-0.2, -0.15) is 0 Å². The zero-order valence-corrected chi connectivity index (χ0v) is 21.3. The zero-order valence-electron chi connectivity index (χ0n) is 20.6. The largest absolute Gasteiger partial charge is 0.492 e. The molecule has 0 saturated heterocycles. The molecule has 0 spiro atoms. The quantitative estimate of drug-likeness (QED) is 0.302. The average molecular weight is 485 g/mol. The van der Waals surface area contributed by atoms with E-state index in [1.807, 2.05) is 30.3 Å². The highest BCUT2D eigenvalue weighted by Crippen LogP contribution is 2.22. The van der Waals surface area contributed by atoms with Gasteiger partial charge in [-0.15, -0.1) is 0 Å². The van der Waals surface area contributed by atoms with Crippen LogP contribution in [-0.4, -0.2) is 35.2 Å². The number of nitrogens with zero attached hydrogens (tertiary/aromatic N) is 2. The van der Waals surface area contributed by atoms with Gasteiger partial charge in [0.25, 0.3) is 0 Å². The number of nitrogens with one attached hydrogen (secondary N) is 2. The van der Waals surface area contributed by atoms with Gasteiger partial charge in [0.1, 0.15) is 18.2 Å². The van der Waals surface area contributed by atoms with Crippen LogP contribution in [0.3, 0.4) is 0 Å². The number of hydrogen-bond acceptors (Lipinski definition) is 4. The number of hydrogen-bond donors (Lipinski definition) is 2. The number of imidazole rings is 1. The van der Waals surface area contributed by atoms with E-state index in [1.54, 1.807) is 0 Å². The van der Waals surface area contributed by atoms with Crippen LogP contribution < -0.4 is 15.4 Å². The van der Waals surface area contributed by atoms with Crippen molar-refractivity contribution in [2.24, 2.45) is 5.92 Å². The Balaban J connectivity index is 1.44. The van der Waals surface area contributed by atoms with Crippen molar-refractivity contribution in [3.05, 3.63) is 58.9 Å². The van der Waals surface area contributed by atoms with Gasteiger partial charge in [-0.25, -0.2) is 4.98 Å². The summed E-state index contributed by atoms with van der Waals surface area (Å²) in [7, 11) is 0. The topological polar surface area (TPSA) is 68.2 Å². The van der Waals surface area contributed by atoms with Crippen molar-refractivity contribution < 1.29 is 9.53 Å². The summed E-state index contributed by atoms with van der Waals surface area (Å²) in [5, 5.41) is 6.99. The van der Waals surface area contributed by atoms with Crippen molar-refractivity contribution in [1.82, 2.24) is 20.2 Å². The summed E-state index contributed by atoms with van der Waals surface area (Å²) in [6.07, 6.45) is 3.28. The van der Waals surface area contributed by atoms with E-state index in [0.29, 0.717) is 30.5 Å². The highest BCUT2D eigenvalue weighted by Gasteiger charge is 2.13. The molecule has 0 aliphatic carbocycles. The van der Waals surface area contributed by atoms with Crippen molar-refractivity contribution in [1.29, 1.82) is 0 Å². The van der Waals surface area contributed by atoms with E-state index in [-0.39, 0.29) is 5.91 Å². The first-order chi connectivity index (χ1) is 16.5. The number of aromatic nitrogens is 2. The third-order valence-electron chi connectivity index (χ3n) is 5.85. The molecule has 1 unspecified atom stereocenters. The van der Waals surface area contributed by atoms with Crippen LogP contribution in [0.2, 0.25) is 5.02 Å². The first kappa shape index (κ1) is 26.0. The van der Waals surface area contributed by atoms with E-state index in [0.717, 1.165) is 61.5 Å². The van der Waals surface area contributed by atoms with Gasteiger partial charge in [0.05, 0.1) is 17.6 Å². The molecule has 3 rings (SSSR count). The second-order valence-electron chi connectivity index (χ2n) is 8.78. The van der Waals surface area contributed by atoms with E-state index < -0.39 is 0 Å². The summed E-state index contributed by atoms with van der Waals surface area (Å²) in [4.78, 5) is 17.2. The molecule has 0 radical (unpaired) electrons. The van der Waals surface area contributed by atoms with Crippen LogP contribution in [0.1, 0.15) is 51.4 Å². The van der Waals surface area contributed by atoms with Gasteiger partial charge in [-0.1, -0.05) is 44.5 Å². The fourth-order valence-electron chi connectivity index (χ4n) is 4.04. The average Bonchev–Trinajstić information content (AvgIpc) is 3.17. The number of carbonyl (C=O) groups excluding carboxylic acids is 1. The molecule has 2 N–H and O–H groups in total. The van der Waals surface area contributed by atoms with Gasteiger partial charge in [-0.05, 0) is 67.6 Å². The number of ether oxygens (including phenoxy) is 1. The maximum atomic E-state index is 12.5. The molecule has 2 aromatic carbocycles. The maximum absolute atomic E-state index is 12.5. The predicted octanol–water partition coefficient (Wildman–Crippen LogP) is 5.36. The second-order valence-corrected chi connectivity index (χ2v) is 9.22. The van der Waals surface area contributed by atoms with Gasteiger partial charge in [-0.3, -0.25) is 4.79 Å². The lowest BCUT2D eigenvalue weighted by molar-refractivity contribution is -0.121. The minimum Gasteiger partial charge on any atom is -0.492 e. The van der Waals surface area contributed by atoms with Crippen molar-refractivity contribution in [3.63, 3.8) is 0 Å². The molecule has 0 saturated carbocycles. The van der Waals surface area contributed by atoms with E-state index in [1.165, 1.54) is 5.56 Å². The molecule has 1 atom stereocenters. The molecule has 0 fully saturated rings. The molecule has 1 aromatic heterocycles. The third kappa shape index (κ3) is 7.74. The number of amides is 1. The first-order valence-electron chi connectivity index (χ1n) is 12.3.